The molecule has 1 aromatic rings. The summed E-state index contributed by atoms with van der Waals surface area (Å²) >= 11 is 5.92. The van der Waals surface area contributed by atoms with E-state index in [0.29, 0.717) is 23.1 Å². The molecule has 0 radical (unpaired) electrons. The number of nitrogens with one attached hydrogen (secondary N) is 1. The molecule has 1 fully saturated rings. The lowest BCUT2D eigenvalue weighted by Crippen LogP contribution is -2.29. The first-order valence-electron chi connectivity index (χ1n) is 6.92. The largest absolute Gasteiger partial charge is 0.378 e. The van der Waals surface area contributed by atoms with Gasteiger partial charge in [0.25, 0.3) is 0 Å². The Morgan fingerprint density at radius 1 is 1.53 bits per heavy atom. The van der Waals surface area contributed by atoms with Crippen molar-refractivity contribution in [2.24, 2.45) is 0 Å². The summed E-state index contributed by atoms with van der Waals surface area (Å²) in [5.41, 5.74) is 0.680. The summed E-state index contributed by atoms with van der Waals surface area (Å²) in [7, 11) is 1.92. The lowest BCUT2D eigenvalue weighted by atomic mass is 9.99. The summed E-state index contributed by atoms with van der Waals surface area (Å²) in [6.07, 6.45) is 5.40. The number of benzene rings is 1. The van der Waals surface area contributed by atoms with Gasteiger partial charge in [0, 0.05) is 17.7 Å². The summed E-state index contributed by atoms with van der Waals surface area (Å²) in [6, 6.07) is 5.00. The van der Waals surface area contributed by atoms with Crippen LogP contribution in [0.3, 0.4) is 0 Å². The summed E-state index contributed by atoms with van der Waals surface area (Å²) in [6.45, 7) is 0.887. The van der Waals surface area contributed by atoms with Crippen molar-refractivity contribution in [3.05, 3.63) is 34.6 Å². The van der Waals surface area contributed by atoms with E-state index in [9.17, 15) is 4.39 Å². The molecule has 0 amide bonds. The van der Waals surface area contributed by atoms with Gasteiger partial charge in [0.05, 0.1) is 6.10 Å². The van der Waals surface area contributed by atoms with Gasteiger partial charge in [-0.1, -0.05) is 11.6 Å². The van der Waals surface area contributed by atoms with Gasteiger partial charge in [-0.3, -0.25) is 0 Å². The predicted octanol–water partition coefficient (Wildman–Crippen LogP) is 3.57. The van der Waals surface area contributed by atoms with Crippen LogP contribution >= 0.6 is 11.6 Å². The lowest BCUT2D eigenvalue weighted by Gasteiger charge is -2.18. The van der Waals surface area contributed by atoms with Gasteiger partial charge in [0.15, 0.2) is 0 Å². The zero-order valence-electron chi connectivity index (χ0n) is 11.3. The van der Waals surface area contributed by atoms with Crippen molar-refractivity contribution < 1.29 is 9.13 Å². The van der Waals surface area contributed by atoms with Gasteiger partial charge in [0.2, 0.25) is 0 Å². The molecule has 2 rings (SSSR count). The van der Waals surface area contributed by atoms with Crippen LogP contribution in [0, 0.1) is 5.82 Å². The van der Waals surface area contributed by atoms with Crippen molar-refractivity contribution in [2.45, 2.75) is 44.2 Å². The summed E-state index contributed by atoms with van der Waals surface area (Å²) in [5.74, 6) is -0.179. The molecule has 2 atom stereocenters. The van der Waals surface area contributed by atoms with Gasteiger partial charge in [-0.2, -0.15) is 0 Å². The average Bonchev–Trinajstić information content (AvgIpc) is 2.91. The molecule has 106 valence electrons. The Balaban J connectivity index is 1.88. The van der Waals surface area contributed by atoms with Crippen molar-refractivity contribution in [2.75, 3.05) is 13.7 Å². The molecule has 0 spiro atoms. The van der Waals surface area contributed by atoms with Crippen LogP contribution in [0.1, 0.15) is 31.2 Å². The molecule has 4 heteroatoms. The van der Waals surface area contributed by atoms with E-state index in [1.807, 2.05) is 7.05 Å². The average molecular weight is 286 g/mol. The maximum absolute atomic E-state index is 13.7. The van der Waals surface area contributed by atoms with E-state index in [-0.39, 0.29) is 11.9 Å². The van der Waals surface area contributed by atoms with Gasteiger partial charge < -0.3 is 10.1 Å². The van der Waals surface area contributed by atoms with Crippen molar-refractivity contribution >= 4 is 11.6 Å². The fourth-order valence-electron chi connectivity index (χ4n) is 2.57. The number of rotatable bonds is 6. The van der Waals surface area contributed by atoms with Crippen LogP contribution in [0.15, 0.2) is 18.2 Å². The molecule has 1 aromatic carbocycles. The topological polar surface area (TPSA) is 21.3 Å². The number of ether oxygens (including phenoxy) is 1. The normalized spacial score (nSPS) is 20.7. The molecule has 1 heterocycles. The Labute approximate surface area is 119 Å². The fraction of sp³-hybridized carbons (Fsp3) is 0.600. The molecule has 0 aliphatic carbocycles. The highest BCUT2D eigenvalue weighted by Crippen LogP contribution is 2.21. The lowest BCUT2D eigenvalue weighted by molar-refractivity contribution is 0.0998. The van der Waals surface area contributed by atoms with Crippen LogP contribution in [0.5, 0.6) is 0 Å². The van der Waals surface area contributed by atoms with E-state index in [1.54, 1.807) is 12.1 Å². The van der Waals surface area contributed by atoms with Crippen LogP contribution in [-0.4, -0.2) is 25.8 Å². The quantitative estimate of drug-likeness (QED) is 0.863. The molecule has 19 heavy (non-hydrogen) atoms. The molecular weight excluding hydrogens is 265 g/mol. The smallest absolute Gasteiger partial charge is 0.126 e. The van der Waals surface area contributed by atoms with E-state index in [0.717, 1.165) is 32.3 Å². The monoisotopic (exact) mass is 285 g/mol. The van der Waals surface area contributed by atoms with Crippen LogP contribution in [0.4, 0.5) is 4.39 Å². The Hall–Kier alpha value is -0.640. The highest BCUT2D eigenvalue weighted by molar-refractivity contribution is 6.30. The Morgan fingerprint density at radius 3 is 3.05 bits per heavy atom. The fourth-order valence-corrected chi connectivity index (χ4v) is 2.77. The molecule has 1 aliphatic heterocycles. The number of halogens is 2. The van der Waals surface area contributed by atoms with Crippen molar-refractivity contribution in [1.82, 2.24) is 5.32 Å². The minimum atomic E-state index is -0.179. The zero-order valence-corrected chi connectivity index (χ0v) is 12.0. The van der Waals surface area contributed by atoms with Crippen molar-refractivity contribution in [3.8, 4) is 0 Å². The third-order valence-corrected chi connectivity index (χ3v) is 3.98. The Kier molecular flexibility index (Phi) is 5.61. The third-order valence-electron chi connectivity index (χ3n) is 3.74. The van der Waals surface area contributed by atoms with Crippen molar-refractivity contribution in [1.29, 1.82) is 0 Å². The molecule has 0 aromatic heterocycles. The van der Waals surface area contributed by atoms with Gasteiger partial charge in [-0.25, -0.2) is 4.39 Å². The number of likely N-dealkylation sites (N-methyl/N-ethyl adjacent to an activating group) is 1. The van der Waals surface area contributed by atoms with E-state index < -0.39 is 0 Å². The molecular formula is C15H21ClFNO. The first kappa shape index (κ1) is 14.8. The van der Waals surface area contributed by atoms with Crippen LogP contribution in [-0.2, 0) is 11.2 Å². The Morgan fingerprint density at radius 2 is 2.37 bits per heavy atom. The van der Waals surface area contributed by atoms with Crippen LogP contribution < -0.4 is 5.32 Å². The molecule has 2 nitrogen and oxygen atoms in total. The second-order valence-electron chi connectivity index (χ2n) is 5.14. The molecule has 1 saturated heterocycles. The minimum absolute atomic E-state index is 0.179. The molecule has 2 unspecified atom stereocenters. The highest BCUT2D eigenvalue weighted by Gasteiger charge is 2.18. The molecule has 1 N–H and O–H groups in total. The van der Waals surface area contributed by atoms with Gasteiger partial charge >= 0.3 is 0 Å². The first-order valence-corrected chi connectivity index (χ1v) is 7.29. The van der Waals surface area contributed by atoms with E-state index in [2.05, 4.69) is 5.32 Å². The molecule has 1 aliphatic rings. The van der Waals surface area contributed by atoms with Gasteiger partial charge in [-0.05, 0) is 62.9 Å². The third kappa shape index (κ3) is 4.44. The summed E-state index contributed by atoms with van der Waals surface area (Å²) < 4.78 is 19.3. The van der Waals surface area contributed by atoms with Crippen LogP contribution in [0.2, 0.25) is 5.02 Å². The van der Waals surface area contributed by atoms with Gasteiger partial charge in [0.1, 0.15) is 5.82 Å². The van der Waals surface area contributed by atoms with E-state index in [4.69, 9.17) is 16.3 Å². The Bertz CT molecular complexity index is 407. The maximum atomic E-state index is 13.7. The second-order valence-corrected chi connectivity index (χ2v) is 5.57. The molecule has 0 bridgehead atoms. The highest BCUT2D eigenvalue weighted by atomic mass is 35.5. The van der Waals surface area contributed by atoms with Crippen molar-refractivity contribution in [3.63, 3.8) is 0 Å². The van der Waals surface area contributed by atoms with Crippen LogP contribution in [0.25, 0.3) is 0 Å². The number of hydrogen-bond donors (Lipinski definition) is 1. The van der Waals surface area contributed by atoms with E-state index in [1.165, 1.54) is 6.07 Å². The van der Waals surface area contributed by atoms with Gasteiger partial charge in [-0.15, -0.1) is 0 Å². The standard InChI is InChI=1S/C15H21ClFNO/c1-18-13(5-6-14-3-2-8-19-14)10-11-9-12(16)4-7-15(11)17/h4,7,9,13-14,18H,2-3,5-6,8,10H2,1H3. The summed E-state index contributed by atoms with van der Waals surface area (Å²) in [4.78, 5) is 0. The zero-order chi connectivity index (χ0) is 13.7. The second kappa shape index (κ2) is 7.22. The minimum Gasteiger partial charge on any atom is -0.378 e. The molecule has 0 saturated carbocycles. The predicted molar refractivity (Wildman–Crippen MR) is 76.2 cm³/mol. The SMILES string of the molecule is CNC(CCC1CCCO1)Cc1cc(Cl)ccc1F. The number of hydrogen-bond acceptors (Lipinski definition) is 2. The first-order chi connectivity index (χ1) is 9.19. The summed E-state index contributed by atoms with van der Waals surface area (Å²) in [5, 5.41) is 3.84. The van der Waals surface area contributed by atoms with E-state index >= 15 is 0 Å². The maximum Gasteiger partial charge on any atom is 0.126 e.